The van der Waals surface area contributed by atoms with Gasteiger partial charge in [0.1, 0.15) is 0 Å². The maximum atomic E-state index is 5.14. The van der Waals surface area contributed by atoms with Gasteiger partial charge in [0.2, 0.25) is 0 Å². The van der Waals surface area contributed by atoms with Crippen LogP contribution in [0.15, 0.2) is 36.5 Å². The summed E-state index contributed by atoms with van der Waals surface area (Å²) in [6, 6.07) is 9.90. The summed E-state index contributed by atoms with van der Waals surface area (Å²) in [5.41, 5.74) is 4.72. The molecule has 0 atom stereocenters. The molecule has 0 saturated heterocycles. The lowest BCUT2D eigenvalue weighted by molar-refractivity contribution is 0.211. The van der Waals surface area contributed by atoms with Crippen LogP contribution in [0.1, 0.15) is 6.92 Å². The molecular formula is C11H12N2O. The summed E-state index contributed by atoms with van der Waals surface area (Å²) in [6.45, 7) is 2.56. The minimum absolute atomic E-state index is 0.628. The minimum atomic E-state index is 0.628. The average molecular weight is 188 g/mol. The van der Waals surface area contributed by atoms with E-state index in [4.69, 9.17) is 4.84 Å². The molecule has 0 saturated carbocycles. The Balaban J connectivity index is 2.43. The maximum Gasteiger partial charge on any atom is 0.0956 e. The minimum Gasteiger partial charge on any atom is -0.276 e. The first-order valence-corrected chi connectivity index (χ1v) is 4.63. The van der Waals surface area contributed by atoms with E-state index in [1.807, 2.05) is 37.3 Å². The van der Waals surface area contributed by atoms with Gasteiger partial charge < -0.3 is 0 Å². The molecule has 0 amide bonds. The monoisotopic (exact) mass is 188 g/mol. The van der Waals surface area contributed by atoms with E-state index in [1.54, 1.807) is 6.20 Å². The number of nitrogens with one attached hydrogen (secondary N) is 1. The van der Waals surface area contributed by atoms with Crippen molar-refractivity contribution in [2.75, 3.05) is 12.1 Å². The van der Waals surface area contributed by atoms with Gasteiger partial charge in [-0.25, -0.2) is 0 Å². The fourth-order valence-corrected chi connectivity index (χ4v) is 1.34. The van der Waals surface area contributed by atoms with Crippen LogP contribution in [-0.4, -0.2) is 11.6 Å². The number of hydrogen-bond acceptors (Lipinski definition) is 3. The molecule has 0 aliphatic heterocycles. The van der Waals surface area contributed by atoms with Crippen LogP contribution < -0.4 is 5.48 Å². The first kappa shape index (κ1) is 8.97. The van der Waals surface area contributed by atoms with Gasteiger partial charge in [0.15, 0.2) is 0 Å². The van der Waals surface area contributed by atoms with E-state index in [-0.39, 0.29) is 0 Å². The zero-order valence-electron chi connectivity index (χ0n) is 8.03. The fourth-order valence-electron chi connectivity index (χ4n) is 1.34. The van der Waals surface area contributed by atoms with E-state index < -0.39 is 0 Å². The van der Waals surface area contributed by atoms with Gasteiger partial charge in [0.25, 0.3) is 0 Å². The molecular weight excluding hydrogens is 176 g/mol. The standard InChI is InChI=1S/C11H12N2O/c1-2-14-13-10-7-3-5-9-6-4-8-12-11(9)10/h3-8,13H,2H2,1H3. The molecule has 72 valence electrons. The molecule has 1 N–H and O–H groups in total. The van der Waals surface area contributed by atoms with Crippen molar-refractivity contribution in [3.8, 4) is 0 Å². The molecule has 0 fully saturated rings. The number of rotatable bonds is 3. The number of para-hydroxylation sites is 1. The Kier molecular flexibility index (Phi) is 2.60. The predicted octanol–water partition coefficient (Wildman–Crippen LogP) is 2.60. The van der Waals surface area contributed by atoms with Crippen LogP contribution in [-0.2, 0) is 4.84 Å². The SMILES string of the molecule is CCONc1cccc2cccnc12. The lowest BCUT2D eigenvalue weighted by Gasteiger charge is -2.07. The number of aromatic nitrogens is 1. The highest BCUT2D eigenvalue weighted by atomic mass is 16.6. The first-order valence-electron chi connectivity index (χ1n) is 4.63. The molecule has 0 radical (unpaired) electrons. The highest BCUT2D eigenvalue weighted by molar-refractivity contribution is 5.89. The fraction of sp³-hybridized carbons (Fsp3) is 0.182. The van der Waals surface area contributed by atoms with Crippen LogP contribution in [0, 0.1) is 0 Å². The normalized spacial score (nSPS) is 10.4. The summed E-state index contributed by atoms with van der Waals surface area (Å²) in [4.78, 5) is 9.43. The molecule has 2 rings (SSSR count). The van der Waals surface area contributed by atoms with Gasteiger partial charge in [-0.1, -0.05) is 18.2 Å². The van der Waals surface area contributed by atoms with Crippen molar-refractivity contribution in [1.82, 2.24) is 4.98 Å². The van der Waals surface area contributed by atoms with Crippen LogP contribution >= 0.6 is 0 Å². The van der Waals surface area contributed by atoms with Crippen molar-refractivity contribution in [2.24, 2.45) is 0 Å². The van der Waals surface area contributed by atoms with Crippen molar-refractivity contribution < 1.29 is 4.84 Å². The Hall–Kier alpha value is -1.61. The molecule has 0 bridgehead atoms. The van der Waals surface area contributed by atoms with Crippen molar-refractivity contribution in [3.63, 3.8) is 0 Å². The van der Waals surface area contributed by atoms with Gasteiger partial charge in [-0.2, -0.15) is 0 Å². The molecule has 2 aromatic rings. The van der Waals surface area contributed by atoms with Gasteiger partial charge in [-0.05, 0) is 19.1 Å². The molecule has 0 aliphatic rings. The van der Waals surface area contributed by atoms with E-state index in [9.17, 15) is 0 Å². The second-order valence-corrected chi connectivity index (χ2v) is 2.92. The number of fused-ring (bicyclic) bond motifs is 1. The second kappa shape index (κ2) is 4.07. The predicted molar refractivity (Wildman–Crippen MR) is 57.0 cm³/mol. The Morgan fingerprint density at radius 3 is 3.00 bits per heavy atom. The highest BCUT2D eigenvalue weighted by Gasteiger charge is 1.99. The van der Waals surface area contributed by atoms with Crippen molar-refractivity contribution in [2.45, 2.75) is 6.92 Å². The van der Waals surface area contributed by atoms with Crippen LogP contribution in [0.5, 0.6) is 0 Å². The van der Waals surface area contributed by atoms with Gasteiger partial charge in [0.05, 0.1) is 17.8 Å². The lowest BCUT2D eigenvalue weighted by atomic mass is 10.2. The molecule has 3 heteroatoms. The Labute approximate surface area is 82.7 Å². The topological polar surface area (TPSA) is 34.1 Å². The Morgan fingerprint density at radius 2 is 2.14 bits per heavy atom. The van der Waals surface area contributed by atoms with E-state index in [0.29, 0.717) is 6.61 Å². The molecule has 3 nitrogen and oxygen atoms in total. The number of hydrogen-bond donors (Lipinski definition) is 1. The molecule has 0 spiro atoms. The number of benzene rings is 1. The van der Waals surface area contributed by atoms with E-state index in [0.717, 1.165) is 16.6 Å². The molecule has 0 aliphatic carbocycles. The van der Waals surface area contributed by atoms with Gasteiger partial charge in [0, 0.05) is 11.6 Å². The lowest BCUT2D eigenvalue weighted by Crippen LogP contribution is -2.00. The number of nitrogens with zero attached hydrogens (tertiary/aromatic N) is 1. The Morgan fingerprint density at radius 1 is 1.29 bits per heavy atom. The van der Waals surface area contributed by atoms with Gasteiger partial charge >= 0.3 is 0 Å². The Bertz CT molecular complexity index is 423. The average Bonchev–Trinajstić information content (AvgIpc) is 2.26. The summed E-state index contributed by atoms with van der Waals surface area (Å²) >= 11 is 0. The molecule has 14 heavy (non-hydrogen) atoms. The maximum absolute atomic E-state index is 5.14. The van der Waals surface area contributed by atoms with Crippen LogP contribution in [0.4, 0.5) is 5.69 Å². The molecule has 0 unspecified atom stereocenters. The summed E-state index contributed by atoms with van der Waals surface area (Å²) in [6.07, 6.45) is 1.78. The number of anilines is 1. The van der Waals surface area contributed by atoms with Crippen LogP contribution in [0.25, 0.3) is 10.9 Å². The third-order valence-electron chi connectivity index (χ3n) is 1.96. The third kappa shape index (κ3) is 1.67. The molecule has 1 aromatic heterocycles. The zero-order chi connectivity index (χ0) is 9.80. The zero-order valence-corrected chi connectivity index (χ0v) is 8.03. The molecule has 1 heterocycles. The molecule has 1 aromatic carbocycles. The van der Waals surface area contributed by atoms with Crippen LogP contribution in [0.2, 0.25) is 0 Å². The van der Waals surface area contributed by atoms with Crippen LogP contribution in [0.3, 0.4) is 0 Å². The summed E-state index contributed by atoms with van der Waals surface area (Å²) < 4.78 is 0. The third-order valence-corrected chi connectivity index (χ3v) is 1.96. The summed E-state index contributed by atoms with van der Waals surface area (Å²) in [7, 11) is 0. The van der Waals surface area contributed by atoms with Gasteiger partial charge in [-0.3, -0.25) is 15.3 Å². The quantitative estimate of drug-likeness (QED) is 0.752. The van der Waals surface area contributed by atoms with Crippen molar-refractivity contribution in [1.29, 1.82) is 0 Å². The van der Waals surface area contributed by atoms with E-state index in [1.165, 1.54) is 0 Å². The van der Waals surface area contributed by atoms with E-state index in [2.05, 4.69) is 10.5 Å². The summed E-state index contributed by atoms with van der Waals surface area (Å²) in [5.74, 6) is 0. The van der Waals surface area contributed by atoms with Gasteiger partial charge in [-0.15, -0.1) is 0 Å². The van der Waals surface area contributed by atoms with Crippen molar-refractivity contribution in [3.05, 3.63) is 36.5 Å². The van der Waals surface area contributed by atoms with E-state index >= 15 is 0 Å². The summed E-state index contributed by atoms with van der Waals surface area (Å²) in [5, 5.41) is 1.11. The largest absolute Gasteiger partial charge is 0.276 e. The second-order valence-electron chi connectivity index (χ2n) is 2.92. The number of pyridine rings is 1. The highest BCUT2D eigenvalue weighted by Crippen LogP contribution is 2.20. The smallest absolute Gasteiger partial charge is 0.0956 e. The first-order chi connectivity index (χ1) is 6.92. The van der Waals surface area contributed by atoms with Crippen molar-refractivity contribution >= 4 is 16.6 Å².